The highest BCUT2D eigenvalue weighted by molar-refractivity contribution is 4.87. The maximum atomic E-state index is 8.53. The van der Waals surface area contributed by atoms with Gasteiger partial charge < -0.3 is 4.74 Å². The van der Waals surface area contributed by atoms with Gasteiger partial charge in [0.05, 0.1) is 25.2 Å². The number of morpholine rings is 1. The Hall–Kier alpha value is -0.590. The molecule has 0 aromatic rings. The lowest BCUT2D eigenvalue weighted by atomic mass is 10.1. The fourth-order valence-electron chi connectivity index (χ4n) is 1.60. The molecule has 13 heavy (non-hydrogen) atoms. The molecule has 0 aliphatic carbocycles. The van der Waals surface area contributed by atoms with Crippen LogP contribution in [0.5, 0.6) is 0 Å². The predicted molar refractivity (Wildman–Crippen MR) is 51.0 cm³/mol. The molecule has 0 spiro atoms. The van der Waals surface area contributed by atoms with Gasteiger partial charge in [-0.25, -0.2) is 0 Å². The molecule has 1 aliphatic rings. The highest BCUT2D eigenvalue weighted by atomic mass is 16.5. The first-order valence-electron chi connectivity index (χ1n) is 4.72. The van der Waals surface area contributed by atoms with Crippen LogP contribution >= 0.6 is 0 Å². The van der Waals surface area contributed by atoms with Gasteiger partial charge >= 0.3 is 0 Å². The summed E-state index contributed by atoms with van der Waals surface area (Å²) in [6.07, 6.45) is 0.636. The molecule has 73 valence electrons. The van der Waals surface area contributed by atoms with Crippen molar-refractivity contribution < 1.29 is 4.74 Å². The van der Waals surface area contributed by atoms with Crippen LogP contribution in [-0.2, 0) is 4.74 Å². The van der Waals surface area contributed by atoms with E-state index in [2.05, 4.69) is 24.8 Å². The quantitative estimate of drug-likeness (QED) is 0.656. The third-order valence-corrected chi connectivity index (χ3v) is 2.08. The van der Waals surface area contributed by atoms with Crippen molar-refractivity contribution in [3.05, 3.63) is 5.92 Å². The van der Waals surface area contributed by atoms with Crippen LogP contribution in [0.25, 0.3) is 0 Å². The zero-order chi connectivity index (χ0) is 9.68. The molecule has 1 radical (unpaired) electrons. The lowest BCUT2D eigenvalue weighted by Crippen LogP contribution is -2.43. The van der Waals surface area contributed by atoms with Gasteiger partial charge in [-0.15, -0.1) is 0 Å². The average molecular weight is 181 g/mol. The van der Waals surface area contributed by atoms with Crippen LogP contribution in [0.15, 0.2) is 0 Å². The molecular weight excluding hydrogens is 164 g/mol. The Labute approximate surface area is 80.3 Å². The van der Waals surface area contributed by atoms with Gasteiger partial charge in [0, 0.05) is 19.6 Å². The first-order valence-corrected chi connectivity index (χ1v) is 4.72. The first kappa shape index (κ1) is 10.5. The fraction of sp³-hybridized carbons (Fsp3) is 0.800. The van der Waals surface area contributed by atoms with Gasteiger partial charge in [0.25, 0.3) is 0 Å². The average Bonchev–Trinajstić information content (AvgIpc) is 2.04. The van der Waals surface area contributed by atoms with Crippen molar-refractivity contribution in [2.75, 3.05) is 26.2 Å². The highest BCUT2D eigenvalue weighted by Gasteiger charge is 2.20. The van der Waals surface area contributed by atoms with Crippen LogP contribution in [0.3, 0.4) is 0 Å². The van der Waals surface area contributed by atoms with E-state index in [4.69, 9.17) is 10.00 Å². The molecule has 0 unspecified atom stereocenters. The van der Waals surface area contributed by atoms with Crippen molar-refractivity contribution in [1.29, 1.82) is 5.26 Å². The van der Waals surface area contributed by atoms with E-state index in [1.165, 1.54) is 5.92 Å². The third kappa shape index (κ3) is 3.75. The number of hydrogen-bond acceptors (Lipinski definition) is 3. The van der Waals surface area contributed by atoms with E-state index in [-0.39, 0.29) is 6.10 Å². The molecule has 0 N–H and O–H groups in total. The van der Waals surface area contributed by atoms with Crippen molar-refractivity contribution >= 4 is 0 Å². The summed E-state index contributed by atoms with van der Waals surface area (Å²) < 4.78 is 5.46. The standard InChI is InChI=1S/C10H17N2O/c1-9(2)7-12-5-6-13-10(8-12)3-4-11/h10H,3,5-8H2,1-2H3/t10-/m0/s1. The van der Waals surface area contributed by atoms with E-state index < -0.39 is 0 Å². The topological polar surface area (TPSA) is 36.3 Å². The molecule has 3 heteroatoms. The minimum absolute atomic E-state index is 0.123. The Morgan fingerprint density at radius 2 is 2.38 bits per heavy atom. The van der Waals surface area contributed by atoms with Gasteiger partial charge in [-0.2, -0.15) is 5.26 Å². The van der Waals surface area contributed by atoms with E-state index >= 15 is 0 Å². The third-order valence-electron chi connectivity index (χ3n) is 2.08. The van der Waals surface area contributed by atoms with Crippen molar-refractivity contribution in [3.63, 3.8) is 0 Å². The summed E-state index contributed by atoms with van der Waals surface area (Å²) in [4.78, 5) is 2.35. The van der Waals surface area contributed by atoms with Gasteiger partial charge in [0.2, 0.25) is 0 Å². The predicted octanol–water partition coefficient (Wildman–Crippen LogP) is 1.22. The Kier molecular flexibility index (Phi) is 4.20. The van der Waals surface area contributed by atoms with Crippen molar-refractivity contribution in [3.8, 4) is 6.07 Å². The van der Waals surface area contributed by atoms with E-state index in [1.54, 1.807) is 0 Å². The maximum absolute atomic E-state index is 8.53. The molecule has 1 rings (SSSR count). The molecule has 1 fully saturated rings. The summed E-state index contributed by atoms with van der Waals surface area (Å²) in [5, 5.41) is 8.53. The molecule has 0 amide bonds. The number of hydrogen-bond donors (Lipinski definition) is 0. The van der Waals surface area contributed by atoms with Crippen LogP contribution < -0.4 is 0 Å². The zero-order valence-electron chi connectivity index (χ0n) is 8.42. The maximum Gasteiger partial charge on any atom is 0.0832 e. The molecule has 1 heterocycles. The Morgan fingerprint density at radius 3 is 3.00 bits per heavy atom. The van der Waals surface area contributed by atoms with Gasteiger partial charge in [-0.05, 0) is 5.92 Å². The van der Waals surface area contributed by atoms with Gasteiger partial charge in [-0.3, -0.25) is 4.90 Å². The monoisotopic (exact) mass is 181 g/mol. The molecule has 1 saturated heterocycles. The van der Waals surface area contributed by atoms with Crippen LogP contribution in [0.4, 0.5) is 0 Å². The summed E-state index contributed by atoms with van der Waals surface area (Å²) >= 11 is 0. The molecular formula is C10H17N2O. The Balaban J connectivity index is 2.29. The minimum Gasteiger partial charge on any atom is -0.374 e. The second-order valence-electron chi connectivity index (χ2n) is 3.80. The van der Waals surface area contributed by atoms with E-state index in [9.17, 15) is 0 Å². The Bertz CT molecular complexity index is 186. The molecule has 0 bridgehead atoms. The SMILES string of the molecule is C[C](C)CN1CCO[C@@H](CC#N)C1. The summed E-state index contributed by atoms with van der Waals surface area (Å²) in [7, 11) is 0. The number of nitrogens with zero attached hydrogens (tertiary/aromatic N) is 2. The summed E-state index contributed by atoms with van der Waals surface area (Å²) in [5.41, 5.74) is 0. The van der Waals surface area contributed by atoms with Crippen molar-refractivity contribution in [2.24, 2.45) is 0 Å². The largest absolute Gasteiger partial charge is 0.374 e. The smallest absolute Gasteiger partial charge is 0.0832 e. The highest BCUT2D eigenvalue weighted by Crippen LogP contribution is 2.10. The van der Waals surface area contributed by atoms with Gasteiger partial charge in [-0.1, -0.05) is 13.8 Å². The van der Waals surface area contributed by atoms with E-state index in [1.807, 2.05) is 0 Å². The first-order chi connectivity index (χ1) is 6.22. The van der Waals surface area contributed by atoms with Crippen molar-refractivity contribution in [1.82, 2.24) is 4.90 Å². The second kappa shape index (κ2) is 5.21. The van der Waals surface area contributed by atoms with Crippen LogP contribution in [-0.4, -0.2) is 37.2 Å². The zero-order valence-corrected chi connectivity index (χ0v) is 8.42. The van der Waals surface area contributed by atoms with E-state index in [0.29, 0.717) is 6.42 Å². The normalized spacial score (nSPS) is 24.6. The molecule has 3 nitrogen and oxygen atoms in total. The summed E-state index contributed by atoms with van der Waals surface area (Å²) in [6, 6.07) is 2.15. The van der Waals surface area contributed by atoms with Gasteiger partial charge in [0.1, 0.15) is 0 Å². The van der Waals surface area contributed by atoms with Crippen LogP contribution in [0.2, 0.25) is 0 Å². The number of rotatable bonds is 3. The lowest BCUT2D eigenvalue weighted by Gasteiger charge is -2.32. The molecule has 0 aromatic carbocycles. The number of nitriles is 1. The van der Waals surface area contributed by atoms with Crippen molar-refractivity contribution in [2.45, 2.75) is 26.4 Å². The Morgan fingerprint density at radius 1 is 1.62 bits per heavy atom. The molecule has 0 aromatic heterocycles. The number of ether oxygens (including phenoxy) is 1. The second-order valence-corrected chi connectivity index (χ2v) is 3.80. The lowest BCUT2D eigenvalue weighted by molar-refractivity contribution is -0.0237. The van der Waals surface area contributed by atoms with Gasteiger partial charge in [0.15, 0.2) is 0 Å². The summed E-state index contributed by atoms with van der Waals surface area (Å²) in [5.74, 6) is 1.41. The summed E-state index contributed by atoms with van der Waals surface area (Å²) in [6.45, 7) is 7.96. The fourth-order valence-corrected chi connectivity index (χ4v) is 1.60. The molecule has 0 saturated carbocycles. The minimum atomic E-state index is 0.123. The molecule has 1 atom stereocenters. The molecule has 1 aliphatic heterocycles. The van der Waals surface area contributed by atoms with Crippen LogP contribution in [0, 0.1) is 17.2 Å². The van der Waals surface area contributed by atoms with E-state index in [0.717, 1.165) is 26.2 Å². The van der Waals surface area contributed by atoms with Crippen LogP contribution in [0.1, 0.15) is 20.3 Å².